The van der Waals surface area contributed by atoms with Crippen LogP contribution in [0.15, 0.2) is 54.7 Å². The van der Waals surface area contributed by atoms with E-state index >= 15 is 0 Å². The van der Waals surface area contributed by atoms with Gasteiger partial charge in [-0.15, -0.1) is 0 Å². The van der Waals surface area contributed by atoms with Crippen molar-refractivity contribution < 1.29 is 14.3 Å². The molecular weight excluding hydrogens is 564 g/mol. The number of nitrogens with zero attached hydrogens (tertiary/aromatic N) is 6. The van der Waals surface area contributed by atoms with Gasteiger partial charge in [0.25, 0.3) is 5.91 Å². The molecule has 43 heavy (non-hydrogen) atoms. The number of amides is 3. The van der Waals surface area contributed by atoms with Gasteiger partial charge in [0.15, 0.2) is 0 Å². The molecule has 3 saturated heterocycles. The summed E-state index contributed by atoms with van der Waals surface area (Å²) < 4.78 is 5.64. The van der Waals surface area contributed by atoms with Crippen molar-refractivity contribution in [3.63, 3.8) is 0 Å². The minimum Gasteiger partial charge on any atom is -0.496 e. The molecule has 3 amide bonds. The summed E-state index contributed by atoms with van der Waals surface area (Å²) in [4.78, 5) is 40.0. The topological polar surface area (TPSA) is 93.0 Å². The number of urea groups is 1. The van der Waals surface area contributed by atoms with Gasteiger partial charge < -0.3 is 14.5 Å². The fourth-order valence-electron chi connectivity index (χ4n) is 6.71. The van der Waals surface area contributed by atoms with Gasteiger partial charge >= 0.3 is 6.03 Å². The lowest BCUT2D eigenvalue weighted by molar-refractivity contribution is -0.127. The maximum Gasteiger partial charge on any atom is 0.332 e. The summed E-state index contributed by atoms with van der Waals surface area (Å²) in [7, 11) is 1.51. The zero-order chi connectivity index (χ0) is 30.1. The van der Waals surface area contributed by atoms with Crippen LogP contribution in [0.1, 0.15) is 43.7 Å². The van der Waals surface area contributed by atoms with Gasteiger partial charge in [0.05, 0.1) is 35.1 Å². The van der Waals surface area contributed by atoms with Crippen molar-refractivity contribution in [1.82, 2.24) is 14.8 Å². The highest BCUT2D eigenvalue weighted by atomic mass is 35.5. The molecule has 3 aromatic rings. The molecule has 3 aliphatic heterocycles. The first-order valence-corrected chi connectivity index (χ1v) is 15.2. The Bertz CT molecular complexity index is 1570. The third-order valence-electron chi connectivity index (χ3n) is 9.03. The van der Waals surface area contributed by atoms with Crippen LogP contribution in [-0.2, 0) is 11.3 Å². The van der Waals surface area contributed by atoms with Crippen molar-refractivity contribution in [2.75, 3.05) is 49.6 Å². The Morgan fingerprint density at radius 1 is 1.02 bits per heavy atom. The monoisotopic (exact) mass is 598 g/mol. The molecule has 0 atom stereocenters. The second kappa shape index (κ2) is 11.9. The number of piperidine rings is 1. The highest BCUT2D eigenvalue weighted by Crippen LogP contribution is 2.44. The maximum absolute atomic E-state index is 14.2. The number of methoxy groups -OCH3 is 1. The molecule has 10 heteroatoms. The largest absolute Gasteiger partial charge is 0.496 e. The lowest BCUT2D eigenvalue weighted by Gasteiger charge is -2.42. The summed E-state index contributed by atoms with van der Waals surface area (Å²) in [5.74, 6) is 0.146. The molecule has 3 fully saturated rings. The third-order valence-corrected chi connectivity index (χ3v) is 9.33. The highest BCUT2D eigenvalue weighted by molar-refractivity contribution is 6.36. The summed E-state index contributed by atoms with van der Waals surface area (Å²) >= 11 is 6.75. The van der Waals surface area contributed by atoms with E-state index in [1.165, 1.54) is 36.1 Å². The Balaban J connectivity index is 1.21. The number of nitriles is 1. The van der Waals surface area contributed by atoms with Crippen LogP contribution in [0.5, 0.6) is 5.75 Å². The number of hydrogen-bond donors (Lipinski definition) is 0. The van der Waals surface area contributed by atoms with E-state index in [0.717, 1.165) is 19.6 Å². The number of imide groups is 1. The summed E-state index contributed by atoms with van der Waals surface area (Å²) in [5, 5.41) is 9.54. The first kappa shape index (κ1) is 29.0. The van der Waals surface area contributed by atoms with E-state index in [9.17, 15) is 14.9 Å². The number of anilines is 2. The number of likely N-dealkylation sites (tertiary alicyclic amines) is 1. The quantitative estimate of drug-likeness (QED) is 0.322. The van der Waals surface area contributed by atoms with E-state index in [-0.39, 0.29) is 22.6 Å². The van der Waals surface area contributed by atoms with Gasteiger partial charge in [-0.2, -0.15) is 5.26 Å². The van der Waals surface area contributed by atoms with E-state index in [0.29, 0.717) is 55.0 Å². The van der Waals surface area contributed by atoms with E-state index in [1.54, 1.807) is 35.4 Å². The summed E-state index contributed by atoms with van der Waals surface area (Å²) in [6, 6.07) is 17.1. The average Bonchev–Trinajstić information content (AvgIpc) is 3.64. The Labute approximate surface area is 257 Å². The number of carbonyl (C=O) groups is 2. The standard InChI is InChI=1S/C33H35ClN6O3/c1-3-39-32(42)40(29-20-30(43-2)26(19-27(29)34)28-18-24(21-35)10-13-36-28)31(41)33(39)11-16-37(17-12-33)22-23-6-8-25(9-7-23)38-14-4-5-15-38/h6-10,13,18-20H,3-5,11-12,14-17,22H2,1-2H3. The van der Waals surface area contributed by atoms with Crippen LogP contribution in [0, 0.1) is 11.3 Å². The summed E-state index contributed by atoms with van der Waals surface area (Å²) in [6.45, 7) is 6.78. The average molecular weight is 599 g/mol. The molecule has 0 bridgehead atoms. The zero-order valence-electron chi connectivity index (χ0n) is 24.6. The van der Waals surface area contributed by atoms with Crippen LogP contribution in [0.25, 0.3) is 11.3 Å². The third kappa shape index (κ3) is 5.19. The zero-order valence-corrected chi connectivity index (χ0v) is 25.3. The fraction of sp³-hybridized carbons (Fsp3) is 0.394. The van der Waals surface area contributed by atoms with Gasteiger partial charge in [-0.05, 0) is 68.5 Å². The molecule has 0 aliphatic carbocycles. The molecule has 0 radical (unpaired) electrons. The molecule has 2 aromatic carbocycles. The summed E-state index contributed by atoms with van der Waals surface area (Å²) in [5.41, 5.74) is 3.41. The Hall–Kier alpha value is -4.13. The van der Waals surface area contributed by atoms with E-state index in [2.05, 4.69) is 45.1 Å². The molecule has 6 rings (SSSR count). The number of aromatic nitrogens is 1. The Morgan fingerprint density at radius 3 is 2.40 bits per heavy atom. The van der Waals surface area contributed by atoms with Crippen molar-refractivity contribution in [3.05, 3.63) is 70.9 Å². The molecule has 1 aromatic heterocycles. The normalized spacial score (nSPS) is 18.5. The molecule has 222 valence electrons. The molecule has 0 N–H and O–H groups in total. The van der Waals surface area contributed by atoms with Gasteiger partial charge in [-0.25, -0.2) is 9.69 Å². The Morgan fingerprint density at radius 2 is 1.74 bits per heavy atom. The maximum atomic E-state index is 14.2. The Kier molecular flexibility index (Phi) is 7.99. The number of halogens is 1. The molecular formula is C33H35ClN6O3. The minimum absolute atomic E-state index is 0.226. The number of ether oxygens (including phenoxy) is 1. The number of pyridine rings is 1. The van der Waals surface area contributed by atoms with Gasteiger partial charge in [0.1, 0.15) is 11.3 Å². The first-order chi connectivity index (χ1) is 20.9. The summed E-state index contributed by atoms with van der Waals surface area (Å²) in [6.07, 6.45) is 5.15. The fourth-order valence-corrected chi connectivity index (χ4v) is 6.95. The van der Waals surface area contributed by atoms with Gasteiger partial charge in [0.2, 0.25) is 0 Å². The first-order valence-electron chi connectivity index (χ1n) is 14.8. The predicted octanol–water partition coefficient (Wildman–Crippen LogP) is 5.71. The second-order valence-corrected chi connectivity index (χ2v) is 11.8. The van der Waals surface area contributed by atoms with Crippen molar-refractivity contribution in [2.45, 2.75) is 44.7 Å². The number of benzene rings is 2. The molecule has 0 saturated carbocycles. The van der Waals surface area contributed by atoms with Gasteiger partial charge in [0, 0.05) is 62.8 Å². The van der Waals surface area contributed by atoms with Crippen molar-refractivity contribution >= 4 is 34.9 Å². The lowest BCUT2D eigenvalue weighted by atomic mass is 9.85. The predicted molar refractivity (Wildman–Crippen MR) is 166 cm³/mol. The van der Waals surface area contributed by atoms with Gasteiger partial charge in [-0.3, -0.25) is 14.7 Å². The van der Waals surface area contributed by atoms with E-state index < -0.39 is 5.54 Å². The van der Waals surface area contributed by atoms with Crippen molar-refractivity contribution in [3.8, 4) is 23.1 Å². The lowest BCUT2D eigenvalue weighted by Crippen LogP contribution is -2.56. The van der Waals surface area contributed by atoms with Crippen LogP contribution >= 0.6 is 11.6 Å². The van der Waals surface area contributed by atoms with Crippen LogP contribution in [0.3, 0.4) is 0 Å². The molecule has 1 spiro atoms. The second-order valence-electron chi connectivity index (χ2n) is 11.4. The van der Waals surface area contributed by atoms with Crippen molar-refractivity contribution in [2.24, 2.45) is 0 Å². The van der Waals surface area contributed by atoms with Gasteiger partial charge in [-0.1, -0.05) is 23.7 Å². The number of rotatable bonds is 7. The minimum atomic E-state index is -0.917. The van der Waals surface area contributed by atoms with E-state index in [1.807, 2.05) is 6.92 Å². The molecule has 0 unspecified atom stereocenters. The van der Waals surface area contributed by atoms with Crippen LogP contribution < -0.4 is 14.5 Å². The molecule has 3 aliphatic rings. The van der Waals surface area contributed by atoms with E-state index in [4.69, 9.17) is 16.3 Å². The number of likely N-dealkylation sites (N-methyl/N-ethyl adjacent to an activating group) is 1. The van der Waals surface area contributed by atoms with Crippen molar-refractivity contribution in [1.29, 1.82) is 5.26 Å². The van der Waals surface area contributed by atoms with Crippen LogP contribution in [-0.4, -0.2) is 72.1 Å². The smallest absolute Gasteiger partial charge is 0.332 e. The number of carbonyl (C=O) groups excluding carboxylic acids is 2. The SMILES string of the molecule is CCN1C(=O)N(c2cc(OC)c(-c3cc(C#N)ccn3)cc2Cl)C(=O)C12CCN(Cc1ccc(N3CCCC3)cc1)CC2. The molecule has 4 heterocycles. The van der Waals surface area contributed by atoms with Crippen LogP contribution in [0.4, 0.5) is 16.2 Å². The highest BCUT2D eigenvalue weighted by Gasteiger charge is 2.58. The number of hydrogen-bond acceptors (Lipinski definition) is 7. The molecule has 9 nitrogen and oxygen atoms in total. The van der Waals surface area contributed by atoms with Crippen LogP contribution in [0.2, 0.25) is 5.02 Å².